The van der Waals surface area contributed by atoms with Crippen molar-refractivity contribution in [3.63, 3.8) is 0 Å². The molecule has 86 valence electrons. The van der Waals surface area contributed by atoms with Gasteiger partial charge < -0.3 is 13.8 Å². The largest absolute Gasteiger partial charge is 0.397 e. The summed E-state index contributed by atoms with van der Waals surface area (Å²) in [6.45, 7) is 6.84. The predicted octanol–water partition coefficient (Wildman–Crippen LogP) is 1.62. The zero-order valence-electron chi connectivity index (χ0n) is 10.1. The second-order valence-electron chi connectivity index (χ2n) is 3.64. The first kappa shape index (κ1) is 14.1. The third-order valence-corrected chi connectivity index (χ3v) is 4.29. The molecular weight excluding hydrogens is 194 g/mol. The lowest BCUT2D eigenvalue weighted by atomic mass is 10.3. The fraction of sp³-hybridized carbons (Fsp3) is 1.00. The molecule has 0 N–H and O–H groups in total. The molecule has 0 amide bonds. The van der Waals surface area contributed by atoms with Crippen LogP contribution in [0.4, 0.5) is 0 Å². The first-order valence-electron chi connectivity index (χ1n) is 5.58. The molecule has 3 nitrogen and oxygen atoms in total. The normalized spacial score (nSPS) is 11.6. The summed E-state index contributed by atoms with van der Waals surface area (Å²) in [5.74, 6) is 0. The number of rotatable bonds is 9. The monoisotopic (exact) mass is 219 g/mol. The quantitative estimate of drug-likeness (QED) is 0.434. The Morgan fingerprint density at radius 2 is 1.57 bits per heavy atom. The van der Waals surface area contributed by atoms with Crippen LogP contribution in [-0.4, -0.2) is 48.0 Å². The van der Waals surface area contributed by atoms with Crippen molar-refractivity contribution in [2.45, 2.75) is 32.7 Å². The molecule has 0 spiro atoms. The first-order valence-corrected chi connectivity index (χ1v) is 7.34. The Kier molecular flexibility index (Phi) is 9.71. The summed E-state index contributed by atoms with van der Waals surface area (Å²) in [5.41, 5.74) is 0. The molecule has 0 unspecified atom stereocenters. The Bertz CT molecular complexity index is 117. The van der Waals surface area contributed by atoms with Crippen molar-refractivity contribution in [1.29, 1.82) is 0 Å². The van der Waals surface area contributed by atoms with E-state index in [1.165, 1.54) is 19.4 Å². The highest BCUT2D eigenvalue weighted by Gasteiger charge is 2.10. The van der Waals surface area contributed by atoms with Crippen LogP contribution in [0.2, 0.25) is 6.04 Å². The van der Waals surface area contributed by atoms with Crippen molar-refractivity contribution in [1.82, 2.24) is 4.90 Å². The lowest BCUT2D eigenvalue weighted by molar-refractivity contribution is 0.212. The van der Waals surface area contributed by atoms with Gasteiger partial charge in [-0.05, 0) is 47.0 Å². The summed E-state index contributed by atoms with van der Waals surface area (Å²) >= 11 is 0. The number of hydrogen-bond donors (Lipinski definition) is 0. The van der Waals surface area contributed by atoms with Crippen LogP contribution in [0.5, 0.6) is 0 Å². The predicted molar refractivity (Wildman–Crippen MR) is 63.0 cm³/mol. The van der Waals surface area contributed by atoms with Gasteiger partial charge in [-0.15, -0.1) is 0 Å². The summed E-state index contributed by atoms with van der Waals surface area (Å²) < 4.78 is 11.2. The van der Waals surface area contributed by atoms with Gasteiger partial charge in [0.1, 0.15) is 0 Å². The summed E-state index contributed by atoms with van der Waals surface area (Å²) in [4.78, 5) is 2.22. The molecule has 0 aliphatic heterocycles. The van der Waals surface area contributed by atoms with Gasteiger partial charge in [0.15, 0.2) is 0 Å². The number of nitrogens with zero attached hydrogens (tertiary/aromatic N) is 1. The van der Waals surface area contributed by atoms with Crippen LogP contribution in [0, 0.1) is 0 Å². The lowest BCUT2D eigenvalue weighted by Crippen LogP contribution is -2.23. The van der Waals surface area contributed by atoms with Crippen LogP contribution in [0.3, 0.4) is 0 Å². The van der Waals surface area contributed by atoms with E-state index in [-0.39, 0.29) is 0 Å². The molecular formula is C10H25NO2Si. The van der Waals surface area contributed by atoms with E-state index in [1.54, 1.807) is 0 Å². The SMILES string of the molecule is CCO[SiH](CCCCN(C)C)OCC. The van der Waals surface area contributed by atoms with E-state index in [9.17, 15) is 0 Å². The molecule has 14 heavy (non-hydrogen) atoms. The van der Waals surface area contributed by atoms with Gasteiger partial charge >= 0.3 is 9.28 Å². The molecule has 0 aliphatic carbocycles. The Morgan fingerprint density at radius 3 is 2.00 bits per heavy atom. The molecule has 4 heteroatoms. The average molecular weight is 219 g/mol. The maximum Gasteiger partial charge on any atom is 0.321 e. The molecule has 0 aromatic carbocycles. The topological polar surface area (TPSA) is 21.7 Å². The van der Waals surface area contributed by atoms with Crippen molar-refractivity contribution in [2.75, 3.05) is 33.9 Å². The molecule has 0 radical (unpaired) electrons. The molecule has 0 saturated carbocycles. The smallest absolute Gasteiger partial charge is 0.321 e. The van der Waals surface area contributed by atoms with E-state index in [4.69, 9.17) is 8.85 Å². The lowest BCUT2D eigenvalue weighted by Gasteiger charge is -2.15. The van der Waals surface area contributed by atoms with Crippen LogP contribution in [0.15, 0.2) is 0 Å². The highest BCUT2D eigenvalue weighted by atomic mass is 28.3. The maximum absolute atomic E-state index is 5.59. The van der Waals surface area contributed by atoms with Crippen LogP contribution in [0.25, 0.3) is 0 Å². The molecule has 0 bridgehead atoms. The Hall–Kier alpha value is 0.0969. The molecule has 0 aliphatic rings. The molecule has 0 rings (SSSR count). The summed E-state index contributed by atoms with van der Waals surface area (Å²) in [7, 11) is 2.91. The molecule has 0 aromatic rings. The second-order valence-corrected chi connectivity index (χ2v) is 5.74. The van der Waals surface area contributed by atoms with Crippen LogP contribution < -0.4 is 0 Å². The fourth-order valence-corrected chi connectivity index (χ4v) is 3.12. The fourth-order valence-electron chi connectivity index (χ4n) is 1.33. The van der Waals surface area contributed by atoms with Gasteiger partial charge in [0, 0.05) is 13.2 Å². The van der Waals surface area contributed by atoms with Crippen LogP contribution in [-0.2, 0) is 8.85 Å². The van der Waals surface area contributed by atoms with E-state index in [2.05, 4.69) is 19.0 Å². The molecule has 0 atom stereocenters. The van der Waals surface area contributed by atoms with Crippen LogP contribution in [0.1, 0.15) is 26.7 Å². The summed E-state index contributed by atoms with van der Waals surface area (Å²) in [5, 5.41) is 0. The van der Waals surface area contributed by atoms with Crippen molar-refractivity contribution in [2.24, 2.45) is 0 Å². The number of unbranched alkanes of at least 4 members (excludes halogenated alkanes) is 1. The van der Waals surface area contributed by atoms with Crippen molar-refractivity contribution < 1.29 is 8.85 Å². The third kappa shape index (κ3) is 8.68. The van der Waals surface area contributed by atoms with Crippen molar-refractivity contribution >= 4 is 9.28 Å². The van der Waals surface area contributed by atoms with E-state index in [1.807, 2.05) is 13.8 Å². The van der Waals surface area contributed by atoms with Crippen molar-refractivity contribution in [3.8, 4) is 0 Å². The van der Waals surface area contributed by atoms with Gasteiger partial charge in [-0.1, -0.05) is 6.42 Å². The van der Waals surface area contributed by atoms with Gasteiger partial charge in [0.05, 0.1) is 0 Å². The first-order chi connectivity index (χ1) is 6.70. The third-order valence-electron chi connectivity index (χ3n) is 2.00. The summed E-state index contributed by atoms with van der Waals surface area (Å²) in [6.07, 6.45) is 2.48. The van der Waals surface area contributed by atoms with Gasteiger partial charge in [-0.25, -0.2) is 0 Å². The minimum absolute atomic E-state index is 0.796. The van der Waals surface area contributed by atoms with Gasteiger partial charge in [-0.3, -0.25) is 0 Å². The molecule has 0 heterocycles. The minimum atomic E-state index is -1.32. The maximum atomic E-state index is 5.59. The minimum Gasteiger partial charge on any atom is -0.397 e. The van der Waals surface area contributed by atoms with E-state index in [0.29, 0.717) is 0 Å². The molecule has 0 aromatic heterocycles. The average Bonchev–Trinajstić information content (AvgIpc) is 2.12. The van der Waals surface area contributed by atoms with Crippen molar-refractivity contribution in [3.05, 3.63) is 0 Å². The standard InChI is InChI=1S/C10H25NO2Si/c1-5-12-14(13-6-2)10-8-7-9-11(3)4/h14H,5-10H2,1-4H3. The summed E-state index contributed by atoms with van der Waals surface area (Å²) in [6, 6.07) is 1.15. The van der Waals surface area contributed by atoms with E-state index in [0.717, 1.165) is 19.3 Å². The van der Waals surface area contributed by atoms with Gasteiger partial charge in [-0.2, -0.15) is 0 Å². The molecule has 0 fully saturated rings. The zero-order chi connectivity index (χ0) is 10.8. The number of hydrogen-bond acceptors (Lipinski definition) is 3. The van der Waals surface area contributed by atoms with E-state index >= 15 is 0 Å². The van der Waals surface area contributed by atoms with Gasteiger partial charge in [0.2, 0.25) is 0 Å². The van der Waals surface area contributed by atoms with Gasteiger partial charge in [0.25, 0.3) is 0 Å². The zero-order valence-corrected chi connectivity index (χ0v) is 11.2. The highest BCUT2D eigenvalue weighted by molar-refractivity contribution is 6.44. The highest BCUT2D eigenvalue weighted by Crippen LogP contribution is 2.04. The second kappa shape index (κ2) is 9.64. The Labute approximate surface area is 90.2 Å². The Morgan fingerprint density at radius 1 is 1.00 bits per heavy atom. The molecule has 0 saturated heterocycles. The van der Waals surface area contributed by atoms with E-state index < -0.39 is 9.28 Å². The van der Waals surface area contributed by atoms with Crippen LogP contribution >= 0.6 is 0 Å². The Balaban J connectivity index is 3.40.